The van der Waals surface area contributed by atoms with Crippen molar-refractivity contribution in [2.45, 2.75) is 144 Å². The molecule has 0 unspecified atom stereocenters. The van der Waals surface area contributed by atoms with Crippen molar-refractivity contribution in [1.82, 2.24) is 4.90 Å². The first-order chi connectivity index (χ1) is 21.5. The number of carbonyl (C=O) groups is 5. The first-order valence-corrected chi connectivity index (χ1v) is 17.7. The summed E-state index contributed by atoms with van der Waals surface area (Å²) in [5.74, 6) is -1.11. The van der Waals surface area contributed by atoms with Crippen LogP contribution < -0.4 is 0 Å². The Hall–Kier alpha value is -2.55. The smallest absolute Gasteiger partial charge is 0.412 e. The zero-order valence-corrected chi connectivity index (χ0v) is 30.4. The van der Waals surface area contributed by atoms with Gasteiger partial charge in [0.2, 0.25) is 0 Å². The Morgan fingerprint density at radius 2 is 1.72 bits per heavy atom. The molecular weight excluding hydrogens is 598 g/mol. The predicted octanol–water partition coefficient (Wildman–Crippen LogP) is 7.40. The van der Waals surface area contributed by atoms with E-state index in [0.29, 0.717) is 45.1 Å². The number of allylic oxidation sites excluding steroid dienone is 2. The van der Waals surface area contributed by atoms with Crippen LogP contribution in [0, 0.1) is 45.8 Å². The topological polar surface area (TPSA) is 127 Å². The monoisotopic (exact) mass is 657 g/mol. The molecule has 9 nitrogen and oxygen atoms in total. The summed E-state index contributed by atoms with van der Waals surface area (Å²) in [5.41, 5.74) is -3.47. The van der Waals surface area contributed by atoms with Crippen LogP contribution >= 0.6 is 0 Å². The zero-order valence-electron chi connectivity index (χ0n) is 30.4. The zero-order chi connectivity index (χ0) is 35.3. The van der Waals surface area contributed by atoms with Gasteiger partial charge in [0.25, 0.3) is 0 Å². The van der Waals surface area contributed by atoms with Gasteiger partial charge in [0, 0.05) is 37.5 Å². The number of ether oxygens (including phenoxy) is 2. The molecule has 264 valence electrons. The second-order valence-electron chi connectivity index (χ2n) is 17.6. The molecule has 1 amide bonds. The van der Waals surface area contributed by atoms with E-state index in [1.54, 1.807) is 4.90 Å². The Balaban J connectivity index is 1.40. The molecule has 3 fully saturated rings. The van der Waals surface area contributed by atoms with Gasteiger partial charge in [-0.2, -0.15) is 0 Å². The molecule has 0 radical (unpaired) electrons. The highest BCUT2D eigenvalue weighted by atomic mass is 16.6. The van der Waals surface area contributed by atoms with Crippen molar-refractivity contribution in [1.29, 1.82) is 0 Å². The average molecular weight is 658 g/mol. The lowest BCUT2D eigenvalue weighted by Crippen LogP contribution is -2.62. The van der Waals surface area contributed by atoms with Crippen LogP contribution in [0.4, 0.5) is 4.79 Å². The molecular formula is C38H59NO8. The molecule has 9 heteroatoms. The van der Waals surface area contributed by atoms with Gasteiger partial charge in [-0.1, -0.05) is 46.8 Å². The predicted molar refractivity (Wildman–Crippen MR) is 178 cm³/mol. The molecule has 0 aromatic carbocycles. The molecule has 1 heterocycles. The van der Waals surface area contributed by atoms with Gasteiger partial charge >= 0.3 is 12.1 Å². The van der Waals surface area contributed by atoms with E-state index in [1.165, 1.54) is 0 Å². The van der Waals surface area contributed by atoms with Crippen molar-refractivity contribution in [3.05, 3.63) is 12.2 Å². The summed E-state index contributed by atoms with van der Waals surface area (Å²) in [4.78, 5) is 66.9. The summed E-state index contributed by atoms with van der Waals surface area (Å²) in [6, 6.07) is 0. The van der Waals surface area contributed by atoms with Crippen molar-refractivity contribution in [2.75, 3.05) is 6.54 Å². The van der Waals surface area contributed by atoms with E-state index in [-0.39, 0.29) is 60.0 Å². The molecule has 4 rings (SSSR count). The lowest BCUT2D eigenvalue weighted by molar-refractivity contribution is -0.168. The minimum absolute atomic E-state index is 0.00317. The number of nitrogens with zero attached hydrogens (tertiary/aromatic N) is 1. The number of carbonyl (C=O) groups excluding carboxylic acids is 4. The van der Waals surface area contributed by atoms with Crippen molar-refractivity contribution >= 4 is 29.4 Å². The fraction of sp³-hybridized carbons (Fsp3) is 0.816. The van der Waals surface area contributed by atoms with E-state index in [2.05, 4.69) is 26.0 Å². The van der Waals surface area contributed by atoms with Crippen LogP contribution in [0.3, 0.4) is 0 Å². The van der Waals surface area contributed by atoms with Crippen molar-refractivity contribution < 1.29 is 38.6 Å². The van der Waals surface area contributed by atoms with E-state index < -0.39 is 45.6 Å². The highest BCUT2D eigenvalue weighted by Gasteiger charge is 2.65. The Kier molecular flexibility index (Phi) is 10.4. The molecule has 1 N–H and O–H groups in total. The molecule has 0 aromatic heterocycles. The average Bonchev–Trinajstić information content (AvgIpc) is 3.19. The first-order valence-electron chi connectivity index (χ1n) is 17.7. The normalized spacial score (nSPS) is 37.2. The third-order valence-electron chi connectivity index (χ3n) is 12.0. The number of aliphatic carboxylic acids is 1. The van der Waals surface area contributed by atoms with Crippen molar-refractivity contribution in [3.8, 4) is 0 Å². The number of carboxylic acids is 1. The minimum Gasteiger partial charge on any atom is -0.481 e. The van der Waals surface area contributed by atoms with Crippen LogP contribution in [0.2, 0.25) is 0 Å². The third kappa shape index (κ3) is 7.55. The van der Waals surface area contributed by atoms with Gasteiger partial charge < -0.3 is 14.6 Å². The maximum atomic E-state index is 13.9. The number of hydrogen-bond acceptors (Lipinski definition) is 7. The lowest BCUT2D eigenvalue weighted by atomic mass is 9.39. The molecule has 0 bridgehead atoms. The Labute approximate surface area is 281 Å². The van der Waals surface area contributed by atoms with Crippen LogP contribution in [-0.4, -0.2) is 63.4 Å². The third-order valence-corrected chi connectivity index (χ3v) is 12.0. The first kappa shape index (κ1) is 37.3. The molecule has 2 saturated carbocycles. The number of rotatable bonds is 10. The van der Waals surface area contributed by atoms with Gasteiger partial charge in [-0.05, 0) is 94.3 Å². The molecule has 9 atom stereocenters. The highest BCUT2D eigenvalue weighted by Crippen LogP contribution is 2.66. The Morgan fingerprint density at radius 3 is 2.34 bits per heavy atom. The summed E-state index contributed by atoms with van der Waals surface area (Å²) < 4.78 is 11.8. The minimum atomic E-state index is -0.938. The summed E-state index contributed by atoms with van der Waals surface area (Å²) >= 11 is 0. The summed E-state index contributed by atoms with van der Waals surface area (Å²) in [7, 11) is 0. The van der Waals surface area contributed by atoms with Crippen LogP contribution in [-0.2, 0) is 28.7 Å². The van der Waals surface area contributed by atoms with Gasteiger partial charge in [-0.25, -0.2) is 4.79 Å². The number of hydrogen-bond donors (Lipinski definition) is 1. The summed E-state index contributed by atoms with van der Waals surface area (Å²) in [5, 5.41) is 10.1. The number of Topliss-reactive ketones (excluding diaryl/α,β-unsaturated/α-hetero) is 3. The molecule has 1 saturated heterocycles. The summed E-state index contributed by atoms with van der Waals surface area (Å²) in [6.07, 6.45) is 7.61. The van der Waals surface area contributed by atoms with Crippen molar-refractivity contribution in [3.63, 3.8) is 0 Å². The Bertz CT molecular complexity index is 1300. The number of ketones is 3. The van der Waals surface area contributed by atoms with Crippen LogP contribution in [0.25, 0.3) is 0 Å². The van der Waals surface area contributed by atoms with E-state index in [9.17, 15) is 29.1 Å². The lowest BCUT2D eigenvalue weighted by Gasteiger charge is -2.62. The number of fused-ring (bicyclic) bond motifs is 3. The number of carboxylic acid groups (broad SMARTS) is 1. The molecule has 4 aliphatic rings. The second kappa shape index (κ2) is 13.1. The quantitative estimate of drug-likeness (QED) is 0.241. The largest absolute Gasteiger partial charge is 0.481 e. The van der Waals surface area contributed by atoms with Crippen LogP contribution in [0.15, 0.2) is 12.2 Å². The van der Waals surface area contributed by atoms with E-state index in [0.717, 1.165) is 6.42 Å². The van der Waals surface area contributed by atoms with Crippen LogP contribution in [0.1, 0.15) is 127 Å². The fourth-order valence-electron chi connectivity index (χ4n) is 9.71. The van der Waals surface area contributed by atoms with Crippen molar-refractivity contribution in [2.24, 2.45) is 45.8 Å². The van der Waals surface area contributed by atoms with Crippen LogP contribution in [0.5, 0.6) is 0 Å². The van der Waals surface area contributed by atoms with Gasteiger partial charge in [-0.3, -0.25) is 24.1 Å². The van der Waals surface area contributed by atoms with E-state index in [4.69, 9.17) is 9.47 Å². The molecule has 0 aromatic rings. The molecule has 47 heavy (non-hydrogen) atoms. The van der Waals surface area contributed by atoms with E-state index in [1.807, 2.05) is 55.4 Å². The Morgan fingerprint density at radius 1 is 1.06 bits per heavy atom. The van der Waals surface area contributed by atoms with E-state index >= 15 is 0 Å². The maximum Gasteiger partial charge on any atom is 0.412 e. The maximum absolute atomic E-state index is 13.9. The standard InChI is InChI=1S/C38H59NO8/c1-23(17-26-22-39(35(6,7)46-26)33(45)47-34(3,4)5)16-25(40)12-11-13-36(8)14-15-37(9)28-18-24(2)19-29(41)27(28)20-30(42)32(37)38(36,10)21-31(43)44/h14-15,23-24,26-28,32H,11-13,16-22H2,1-10H3,(H,43,44)/t23-,24-,26+,27+,28-,32+,36-,37+,38+/m1/s1. The van der Waals surface area contributed by atoms with Gasteiger partial charge in [0.05, 0.1) is 19.1 Å². The van der Waals surface area contributed by atoms with Gasteiger partial charge in [0.15, 0.2) is 0 Å². The van der Waals surface area contributed by atoms with Gasteiger partial charge in [-0.15, -0.1) is 0 Å². The SMILES string of the molecule is C[C@H](CC(=O)CCC[C@]1(C)C=C[C@@]2(C)[C@@H]3C[C@@H](C)CC(=O)[C@H]3CC(=O)[C@@H]2[C@]1(C)CC(=O)O)C[C@H]1CN(C(=O)OC(C)(C)C)C(C)(C)O1. The molecule has 1 aliphatic heterocycles. The second-order valence-corrected chi connectivity index (χ2v) is 17.6. The fourth-order valence-corrected chi connectivity index (χ4v) is 9.71. The number of amides is 1. The molecule has 3 aliphatic carbocycles. The van der Waals surface area contributed by atoms with Gasteiger partial charge in [0.1, 0.15) is 28.7 Å². The molecule has 0 spiro atoms. The highest BCUT2D eigenvalue weighted by molar-refractivity contribution is 5.93. The summed E-state index contributed by atoms with van der Waals surface area (Å²) in [6.45, 7) is 19.8.